The van der Waals surface area contributed by atoms with Crippen LogP contribution in [0.3, 0.4) is 0 Å². The molecule has 5 unspecified atom stereocenters. The maximum Gasteiger partial charge on any atom is 0.338 e. The van der Waals surface area contributed by atoms with E-state index in [-0.39, 0.29) is 38.2 Å². The van der Waals surface area contributed by atoms with Crippen LogP contribution in [0, 0.1) is 11.3 Å². The fraction of sp³-hybridized carbons (Fsp3) is 0.889. The Kier molecular flexibility index (Phi) is 14.9. The monoisotopic (exact) mass is 550 g/mol. The number of aliphatic hydroxyl groups excluding tert-OH is 6. The van der Waals surface area contributed by atoms with Crippen LogP contribution in [-0.2, 0) is 23.7 Å². The van der Waals surface area contributed by atoms with Crippen molar-refractivity contribution in [3.8, 4) is 0 Å². The van der Waals surface area contributed by atoms with E-state index in [0.717, 1.165) is 0 Å². The van der Waals surface area contributed by atoms with Gasteiger partial charge in [-0.3, -0.25) is 0 Å². The molecule has 224 valence electrons. The van der Waals surface area contributed by atoms with Crippen LogP contribution in [-0.4, -0.2) is 119 Å². The summed E-state index contributed by atoms with van der Waals surface area (Å²) in [5, 5.41) is 64.1. The number of hydrogen-bond acceptors (Lipinski definition) is 11. The zero-order valence-corrected chi connectivity index (χ0v) is 23.8. The van der Waals surface area contributed by atoms with Gasteiger partial charge in [-0.1, -0.05) is 26.8 Å². The van der Waals surface area contributed by atoms with Crippen molar-refractivity contribution in [1.82, 2.24) is 0 Å². The Balaban J connectivity index is 3.49. The highest BCUT2D eigenvalue weighted by atomic mass is 16.6. The molecular formula is C27H50O11. The standard InChI is InChI=1S/C27H50O11/c1-8-16(14-28)9-15(2)19-12-18(35-5)13-22(30)27(3,4)25(33)23(31)20(36-6)10-17(29)11-21(37-7)24(32)26(34)38-19/h9,16-25,28-33H,8,10-14H2,1-7H3/t16?,17-,18-,19?,20?,21-,22+,23?,24+,25?/m0/s1. The number of ether oxygens (including phenoxy) is 4. The van der Waals surface area contributed by atoms with Crippen molar-refractivity contribution < 1.29 is 54.4 Å². The summed E-state index contributed by atoms with van der Waals surface area (Å²) in [6, 6.07) is 0. The second-order valence-electron chi connectivity index (χ2n) is 10.9. The Morgan fingerprint density at radius 3 is 2.08 bits per heavy atom. The van der Waals surface area contributed by atoms with E-state index in [1.165, 1.54) is 21.3 Å². The number of cyclic esters (lactones) is 1. The van der Waals surface area contributed by atoms with E-state index in [9.17, 15) is 35.4 Å². The fourth-order valence-corrected chi connectivity index (χ4v) is 4.75. The SMILES string of the molecule is CCC(C=C(C)C1C[C@H](OC)C[C@@H](O)C(C)(C)C(O)C(O)C(OC)C[C@H](O)C[C@H](OC)[C@@H](O)C(=O)O1)CO. The van der Waals surface area contributed by atoms with E-state index in [4.69, 9.17) is 18.9 Å². The average Bonchev–Trinajstić information content (AvgIpc) is 2.89. The molecule has 10 atom stereocenters. The first kappa shape index (κ1) is 34.9. The Morgan fingerprint density at radius 1 is 1.00 bits per heavy atom. The van der Waals surface area contributed by atoms with Gasteiger partial charge in [0.2, 0.25) is 0 Å². The maximum absolute atomic E-state index is 13.0. The van der Waals surface area contributed by atoms with Crippen molar-refractivity contribution in [3.63, 3.8) is 0 Å². The molecular weight excluding hydrogens is 500 g/mol. The minimum atomic E-state index is -1.72. The number of esters is 1. The van der Waals surface area contributed by atoms with E-state index >= 15 is 0 Å². The van der Waals surface area contributed by atoms with E-state index in [1.807, 2.05) is 6.92 Å². The third-order valence-electron chi connectivity index (χ3n) is 7.85. The average molecular weight is 551 g/mol. The van der Waals surface area contributed by atoms with Gasteiger partial charge in [-0.05, 0) is 18.9 Å². The lowest BCUT2D eigenvalue weighted by molar-refractivity contribution is -0.171. The predicted molar refractivity (Wildman–Crippen MR) is 139 cm³/mol. The molecule has 0 amide bonds. The van der Waals surface area contributed by atoms with Crippen LogP contribution >= 0.6 is 0 Å². The number of carbonyl (C=O) groups is 1. The molecule has 11 nitrogen and oxygen atoms in total. The molecule has 0 bridgehead atoms. The van der Waals surface area contributed by atoms with Gasteiger partial charge in [0.05, 0.1) is 36.6 Å². The highest BCUT2D eigenvalue weighted by molar-refractivity contribution is 5.75. The molecule has 0 radical (unpaired) electrons. The van der Waals surface area contributed by atoms with Crippen LogP contribution in [0.2, 0.25) is 0 Å². The van der Waals surface area contributed by atoms with Gasteiger partial charge in [0, 0.05) is 65.0 Å². The van der Waals surface area contributed by atoms with Crippen LogP contribution in [0.15, 0.2) is 11.6 Å². The second kappa shape index (κ2) is 16.2. The van der Waals surface area contributed by atoms with E-state index in [2.05, 4.69) is 0 Å². The van der Waals surface area contributed by atoms with Crippen LogP contribution in [0.5, 0.6) is 0 Å². The molecule has 0 aliphatic carbocycles. The molecule has 6 N–H and O–H groups in total. The third-order valence-corrected chi connectivity index (χ3v) is 7.85. The Bertz CT molecular complexity index is 724. The van der Waals surface area contributed by atoms with Gasteiger partial charge in [-0.25, -0.2) is 4.79 Å². The van der Waals surface area contributed by atoms with Crippen LogP contribution in [0.25, 0.3) is 0 Å². The van der Waals surface area contributed by atoms with Crippen molar-refractivity contribution in [2.75, 3.05) is 27.9 Å². The first-order chi connectivity index (χ1) is 17.8. The Labute approximate surface area is 226 Å². The van der Waals surface area contributed by atoms with Crippen LogP contribution in [0.4, 0.5) is 0 Å². The molecule has 11 heteroatoms. The lowest BCUT2D eigenvalue weighted by Gasteiger charge is -2.41. The van der Waals surface area contributed by atoms with Gasteiger partial charge >= 0.3 is 5.97 Å². The van der Waals surface area contributed by atoms with Gasteiger partial charge < -0.3 is 49.6 Å². The van der Waals surface area contributed by atoms with Gasteiger partial charge in [0.15, 0.2) is 6.10 Å². The van der Waals surface area contributed by atoms with Gasteiger partial charge in [-0.2, -0.15) is 0 Å². The smallest absolute Gasteiger partial charge is 0.338 e. The minimum Gasteiger partial charge on any atom is -0.456 e. The zero-order valence-electron chi connectivity index (χ0n) is 23.8. The third kappa shape index (κ3) is 9.50. The fourth-order valence-electron chi connectivity index (χ4n) is 4.75. The molecule has 1 rings (SSSR count). The summed E-state index contributed by atoms with van der Waals surface area (Å²) < 4.78 is 21.9. The Hall–Kier alpha value is -1.15. The minimum absolute atomic E-state index is 0.0370. The number of methoxy groups -OCH3 is 3. The van der Waals surface area contributed by atoms with Crippen molar-refractivity contribution >= 4 is 5.97 Å². The van der Waals surface area contributed by atoms with E-state index < -0.39 is 66.3 Å². The molecule has 1 saturated heterocycles. The van der Waals surface area contributed by atoms with Gasteiger partial charge in [0.1, 0.15) is 12.2 Å². The summed E-state index contributed by atoms with van der Waals surface area (Å²) in [6.07, 6.45) is -8.21. The largest absolute Gasteiger partial charge is 0.456 e. The lowest BCUT2D eigenvalue weighted by Crippen LogP contribution is -2.53. The number of aliphatic hydroxyl groups is 6. The first-order valence-electron chi connectivity index (χ1n) is 13.2. The summed E-state index contributed by atoms with van der Waals surface area (Å²) in [5.41, 5.74) is -0.572. The van der Waals surface area contributed by atoms with Crippen molar-refractivity contribution in [2.45, 2.75) is 115 Å². The molecule has 1 fully saturated rings. The van der Waals surface area contributed by atoms with Crippen molar-refractivity contribution in [1.29, 1.82) is 0 Å². The summed E-state index contributed by atoms with van der Waals surface area (Å²) in [5.74, 6) is -1.13. The molecule has 0 saturated carbocycles. The highest BCUT2D eigenvalue weighted by Crippen LogP contribution is 2.34. The van der Waals surface area contributed by atoms with Crippen LogP contribution < -0.4 is 0 Å². The van der Waals surface area contributed by atoms with Crippen molar-refractivity contribution in [2.24, 2.45) is 11.3 Å². The topological polar surface area (TPSA) is 175 Å². The quantitative estimate of drug-likeness (QED) is 0.190. The molecule has 38 heavy (non-hydrogen) atoms. The predicted octanol–water partition coefficient (Wildman–Crippen LogP) is 0.313. The number of hydrogen-bond donors (Lipinski definition) is 6. The highest BCUT2D eigenvalue weighted by Gasteiger charge is 2.44. The van der Waals surface area contributed by atoms with E-state index in [1.54, 1.807) is 26.8 Å². The number of rotatable bonds is 7. The maximum atomic E-state index is 13.0. The first-order valence-corrected chi connectivity index (χ1v) is 13.2. The summed E-state index contributed by atoms with van der Waals surface area (Å²) in [4.78, 5) is 13.0. The number of carbonyl (C=O) groups excluding carboxylic acids is 1. The molecule has 0 aromatic rings. The molecule has 0 aromatic heterocycles. The summed E-state index contributed by atoms with van der Waals surface area (Å²) >= 11 is 0. The molecule has 1 heterocycles. The summed E-state index contributed by atoms with van der Waals surface area (Å²) in [6.45, 7) is 6.79. The van der Waals surface area contributed by atoms with Gasteiger partial charge in [-0.15, -0.1) is 0 Å². The molecule has 0 spiro atoms. The summed E-state index contributed by atoms with van der Waals surface area (Å²) in [7, 11) is 4.07. The zero-order chi connectivity index (χ0) is 29.2. The second-order valence-corrected chi connectivity index (χ2v) is 10.9. The van der Waals surface area contributed by atoms with Crippen molar-refractivity contribution in [3.05, 3.63) is 11.6 Å². The van der Waals surface area contributed by atoms with E-state index in [0.29, 0.717) is 12.0 Å². The normalized spacial score (nSPS) is 37.4. The Morgan fingerprint density at radius 2 is 1.58 bits per heavy atom. The molecule has 1 aliphatic heterocycles. The molecule has 0 aromatic carbocycles. The van der Waals surface area contributed by atoms with Crippen LogP contribution in [0.1, 0.15) is 59.8 Å². The molecule has 1 aliphatic rings. The lowest BCUT2D eigenvalue weighted by atomic mass is 9.74. The van der Waals surface area contributed by atoms with Gasteiger partial charge in [0.25, 0.3) is 0 Å².